The minimum absolute atomic E-state index is 0.263. The fourth-order valence-electron chi connectivity index (χ4n) is 7.87. The van der Waals surface area contributed by atoms with E-state index >= 15 is 0 Å². The number of benzene rings is 2. The van der Waals surface area contributed by atoms with Crippen LogP contribution in [-0.4, -0.2) is 53.9 Å². The molecule has 0 radical (unpaired) electrons. The molecule has 5 rings (SSSR count). The molecular weight excluding hydrogens is 728 g/mol. The molecule has 2 aromatic carbocycles. The van der Waals surface area contributed by atoms with Gasteiger partial charge >= 0.3 is 0 Å². The number of rotatable bonds is 19. The number of aryl methyl sites for hydroxylation is 2. The van der Waals surface area contributed by atoms with Crippen LogP contribution in [-0.2, 0) is 19.4 Å². The summed E-state index contributed by atoms with van der Waals surface area (Å²) in [6, 6.07) is 14.1. The fraction of sp³-hybridized carbons (Fsp3) is 0.511. The fourth-order valence-corrected chi connectivity index (χ4v) is 8.99. The summed E-state index contributed by atoms with van der Waals surface area (Å²) in [6.45, 7) is 24.3. The lowest BCUT2D eigenvalue weighted by Crippen LogP contribution is -2.43. The molecular formula is C45H64Cl2N6S. The lowest BCUT2D eigenvalue weighted by Gasteiger charge is -2.36. The molecule has 6 nitrogen and oxygen atoms in total. The highest BCUT2D eigenvalue weighted by atomic mass is 35.5. The van der Waals surface area contributed by atoms with Gasteiger partial charge in [-0.3, -0.25) is 4.72 Å². The topological polar surface area (TPSA) is 54.6 Å². The molecule has 3 fully saturated rings. The van der Waals surface area contributed by atoms with Gasteiger partial charge in [-0.15, -0.1) is 0 Å². The van der Waals surface area contributed by atoms with Gasteiger partial charge in [-0.05, 0) is 118 Å². The molecule has 0 saturated carbocycles. The van der Waals surface area contributed by atoms with E-state index in [9.17, 15) is 0 Å². The van der Waals surface area contributed by atoms with E-state index in [0.717, 1.165) is 128 Å². The first-order valence-electron chi connectivity index (χ1n) is 20.3. The summed E-state index contributed by atoms with van der Waals surface area (Å²) in [7, 11) is 0. The van der Waals surface area contributed by atoms with E-state index in [2.05, 4.69) is 108 Å². The molecule has 0 amide bonds. The van der Waals surface area contributed by atoms with Gasteiger partial charge in [0.2, 0.25) is 0 Å². The summed E-state index contributed by atoms with van der Waals surface area (Å²) in [5, 5.41) is 10.8. The summed E-state index contributed by atoms with van der Waals surface area (Å²) in [5.74, 6) is 1.10. The van der Waals surface area contributed by atoms with Crippen molar-refractivity contribution in [2.24, 2.45) is 0 Å². The Morgan fingerprint density at radius 1 is 0.944 bits per heavy atom. The third-order valence-electron chi connectivity index (χ3n) is 11.2. The van der Waals surface area contributed by atoms with Crippen LogP contribution in [0.25, 0.3) is 0 Å². The minimum atomic E-state index is 0.263. The molecule has 3 heterocycles. The normalized spacial score (nSPS) is 20.2. The number of hydrazine groups is 1. The summed E-state index contributed by atoms with van der Waals surface area (Å²) in [6.07, 6.45) is 15.5. The van der Waals surface area contributed by atoms with Crippen molar-refractivity contribution in [3.63, 3.8) is 0 Å². The lowest BCUT2D eigenvalue weighted by atomic mass is 9.97. The number of allylic oxidation sites excluding steroid dienone is 4. The first kappa shape index (κ1) is 42.5. The van der Waals surface area contributed by atoms with Gasteiger partial charge in [0, 0.05) is 60.1 Å². The van der Waals surface area contributed by atoms with Crippen LogP contribution in [0.4, 0.5) is 5.69 Å². The molecule has 1 unspecified atom stereocenters. The molecule has 1 atom stereocenters. The van der Waals surface area contributed by atoms with Crippen LogP contribution in [0.5, 0.6) is 0 Å². The zero-order chi connectivity index (χ0) is 38.5. The standard InChI is InChI=1S/C45H64Cl2N6S/c1-7-40-35(6)53(45-22-16-33(4)49-34(45)5)31-41(40)32(3)15-17-36-18-20-37(21-19-36)30-48-25-13-11-9-10-12-14-38-28-43(47)44(29-42(38)46)50-52-26-23-39(24-27-52)51-54-8-2/h7,18-21,28-29,39,45,48-51H,4-6,8-17,22-27,30-31H2,1-3H3/b40-7-,41-32+. The first-order valence-corrected chi connectivity index (χ1v) is 22.0. The number of unbranched alkanes of at least 4 members (excludes halogenated alkanes) is 4. The van der Waals surface area contributed by atoms with E-state index in [1.807, 2.05) is 18.0 Å². The molecule has 3 aliphatic heterocycles. The number of anilines is 1. The Hall–Kier alpha value is -2.65. The summed E-state index contributed by atoms with van der Waals surface area (Å²) in [5.41, 5.74) is 15.7. The molecule has 4 N–H and O–H groups in total. The van der Waals surface area contributed by atoms with E-state index in [4.69, 9.17) is 23.2 Å². The molecule has 0 aromatic heterocycles. The maximum atomic E-state index is 6.70. The Morgan fingerprint density at radius 2 is 1.67 bits per heavy atom. The predicted octanol–water partition coefficient (Wildman–Crippen LogP) is 11.1. The average molecular weight is 792 g/mol. The number of piperidine rings is 2. The van der Waals surface area contributed by atoms with Crippen LogP contribution in [0.2, 0.25) is 10.0 Å². The van der Waals surface area contributed by atoms with Crippen molar-refractivity contribution in [1.29, 1.82) is 0 Å². The second kappa shape index (κ2) is 21.6. The van der Waals surface area contributed by atoms with Gasteiger partial charge in [0.15, 0.2) is 0 Å². The molecule has 9 heteroatoms. The van der Waals surface area contributed by atoms with Gasteiger partial charge in [0.25, 0.3) is 0 Å². The number of hydrogen-bond acceptors (Lipinski definition) is 7. The summed E-state index contributed by atoms with van der Waals surface area (Å²) >= 11 is 15.2. The second-order valence-electron chi connectivity index (χ2n) is 15.2. The van der Waals surface area contributed by atoms with Gasteiger partial charge in [-0.25, -0.2) is 5.01 Å². The van der Waals surface area contributed by atoms with E-state index < -0.39 is 0 Å². The SMILES string of the molecule is C=C1CCC(N2CC(=C(/C)CCc3ccc(CNCCCCCCCc4cc(Cl)c(NN5CCC(NSCC)CC5)cc4Cl)cc3)/C(=C\C)C2=C)C(=C)N1. The molecule has 294 valence electrons. The Kier molecular flexibility index (Phi) is 17.0. The molecule has 0 spiro atoms. The predicted molar refractivity (Wildman–Crippen MR) is 236 cm³/mol. The van der Waals surface area contributed by atoms with Gasteiger partial charge in [-0.1, -0.05) is 117 Å². The molecule has 0 aliphatic carbocycles. The lowest BCUT2D eigenvalue weighted by molar-refractivity contribution is 0.247. The van der Waals surface area contributed by atoms with Crippen LogP contribution >= 0.6 is 35.1 Å². The van der Waals surface area contributed by atoms with Crippen LogP contribution in [0.3, 0.4) is 0 Å². The van der Waals surface area contributed by atoms with Crippen molar-refractivity contribution < 1.29 is 0 Å². The van der Waals surface area contributed by atoms with Crippen molar-refractivity contribution in [1.82, 2.24) is 25.3 Å². The van der Waals surface area contributed by atoms with E-state index in [1.165, 1.54) is 53.5 Å². The monoisotopic (exact) mass is 790 g/mol. The number of nitrogens with one attached hydrogen (secondary N) is 4. The number of hydrogen-bond donors (Lipinski definition) is 4. The second-order valence-corrected chi connectivity index (χ2v) is 17.1. The van der Waals surface area contributed by atoms with Crippen molar-refractivity contribution >= 4 is 40.8 Å². The zero-order valence-electron chi connectivity index (χ0n) is 33.1. The van der Waals surface area contributed by atoms with Gasteiger partial charge in [0.1, 0.15) is 0 Å². The summed E-state index contributed by atoms with van der Waals surface area (Å²) < 4.78 is 3.56. The van der Waals surface area contributed by atoms with E-state index in [0.29, 0.717) is 6.04 Å². The molecule has 2 aromatic rings. The smallest absolute Gasteiger partial charge is 0.0693 e. The van der Waals surface area contributed by atoms with Gasteiger partial charge in [0.05, 0.1) is 16.8 Å². The van der Waals surface area contributed by atoms with Crippen molar-refractivity contribution in [3.8, 4) is 0 Å². The largest absolute Gasteiger partial charge is 0.362 e. The van der Waals surface area contributed by atoms with Crippen molar-refractivity contribution in [2.75, 3.05) is 37.4 Å². The maximum Gasteiger partial charge on any atom is 0.0693 e. The molecule has 54 heavy (non-hydrogen) atoms. The van der Waals surface area contributed by atoms with Crippen LogP contribution in [0, 0.1) is 0 Å². The summed E-state index contributed by atoms with van der Waals surface area (Å²) in [4.78, 5) is 2.43. The van der Waals surface area contributed by atoms with E-state index in [1.54, 1.807) is 0 Å². The number of halogens is 2. The van der Waals surface area contributed by atoms with Gasteiger partial charge < -0.3 is 21.0 Å². The Balaban J connectivity index is 0.939. The highest BCUT2D eigenvalue weighted by Gasteiger charge is 2.34. The average Bonchev–Trinajstić information content (AvgIpc) is 3.50. The van der Waals surface area contributed by atoms with Crippen molar-refractivity contribution in [3.05, 3.63) is 123 Å². The van der Waals surface area contributed by atoms with Crippen LogP contribution < -0.4 is 20.8 Å². The Morgan fingerprint density at radius 3 is 2.39 bits per heavy atom. The quantitative estimate of drug-likeness (QED) is 0.0835. The van der Waals surface area contributed by atoms with Crippen LogP contribution in [0.1, 0.15) is 102 Å². The third kappa shape index (κ3) is 12.2. The maximum absolute atomic E-state index is 6.70. The number of nitrogens with zero attached hydrogens (tertiary/aromatic N) is 2. The molecule has 3 saturated heterocycles. The van der Waals surface area contributed by atoms with Gasteiger partial charge in [-0.2, -0.15) is 0 Å². The third-order valence-corrected chi connectivity index (χ3v) is 12.6. The first-order chi connectivity index (χ1) is 26.2. The highest BCUT2D eigenvalue weighted by molar-refractivity contribution is 7.97. The highest BCUT2D eigenvalue weighted by Crippen LogP contribution is 2.39. The molecule has 0 bridgehead atoms. The van der Waals surface area contributed by atoms with E-state index in [-0.39, 0.29) is 6.04 Å². The van der Waals surface area contributed by atoms with Crippen molar-refractivity contribution in [2.45, 2.75) is 116 Å². The molecule has 3 aliphatic rings. The Bertz CT molecular complexity index is 1640. The van der Waals surface area contributed by atoms with Crippen LogP contribution in [0.15, 0.2) is 96.0 Å². The zero-order valence-corrected chi connectivity index (χ0v) is 35.4. The number of likely N-dealkylation sites (tertiary alicyclic amines) is 1. The minimum Gasteiger partial charge on any atom is -0.362 e. The Labute approximate surface area is 341 Å².